The Labute approximate surface area is 103 Å². The van der Waals surface area contributed by atoms with E-state index >= 15 is 0 Å². The molecule has 18 heavy (non-hydrogen) atoms. The zero-order chi connectivity index (χ0) is 12.3. The van der Waals surface area contributed by atoms with E-state index in [-0.39, 0.29) is 5.76 Å². The summed E-state index contributed by atoms with van der Waals surface area (Å²) in [6, 6.07) is 6.37. The van der Waals surface area contributed by atoms with Crippen molar-refractivity contribution >= 4 is 10.9 Å². The maximum absolute atomic E-state index is 11.5. The summed E-state index contributed by atoms with van der Waals surface area (Å²) in [6.07, 6.45) is 2.41. The summed E-state index contributed by atoms with van der Waals surface area (Å²) in [4.78, 5) is 14.9. The molecular weight excluding hydrogens is 228 g/mol. The Bertz CT molecular complexity index is 820. The number of aromatic nitrogens is 2. The summed E-state index contributed by atoms with van der Waals surface area (Å²) in [5.41, 5.74) is 5.53. The number of rotatable bonds is 0. The van der Waals surface area contributed by atoms with Gasteiger partial charge in [0.1, 0.15) is 12.0 Å². The molecule has 2 aromatic heterocycles. The molecule has 0 saturated heterocycles. The molecule has 0 bridgehead atoms. The van der Waals surface area contributed by atoms with Crippen molar-refractivity contribution in [2.24, 2.45) is 0 Å². The monoisotopic (exact) mass is 240 g/mol. The lowest BCUT2D eigenvalue weighted by atomic mass is 10.0. The van der Waals surface area contributed by atoms with E-state index in [4.69, 9.17) is 4.42 Å². The number of aromatic amines is 1. The van der Waals surface area contributed by atoms with E-state index in [0.29, 0.717) is 6.54 Å². The fourth-order valence-electron chi connectivity index (χ4n) is 2.80. The third-order valence-corrected chi connectivity index (χ3v) is 3.69. The van der Waals surface area contributed by atoms with Gasteiger partial charge in [-0.25, -0.2) is 4.79 Å². The number of aryl methyl sites for hydroxylation is 2. The maximum Gasteiger partial charge on any atom is 0.419 e. The minimum Gasteiger partial charge on any atom is -0.416 e. The van der Waals surface area contributed by atoms with Gasteiger partial charge in [-0.2, -0.15) is 0 Å². The van der Waals surface area contributed by atoms with E-state index in [1.807, 2.05) is 0 Å². The molecule has 0 amide bonds. The third-order valence-electron chi connectivity index (χ3n) is 3.69. The van der Waals surface area contributed by atoms with Crippen molar-refractivity contribution in [3.8, 4) is 11.4 Å². The van der Waals surface area contributed by atoms with Crippen LogP contribution in [-0.2, 0) is 13.0 Å². The molecule has 1 N–H and O–H groups in total. The predicted molar refractivity (Wildman–Crippen MR) is 68.7 cm³/mol. The second-order valence-electron chi connectivity index (χ2n) is 4.82. The number of hydrogen-bond donors (Lipinski definition) is 1. The van der Waals surface area contributed by atoms with Crippen LogP contribution in [0.25, 0.3) is 22.3 Å². The van der Waals surface area contributed by atoms with Gasteiger partial charge in [-0.1, -0.05) is 11.6 Å². The lowest BCUT2D eigenvalue weighted by Gasteiger charge is -2.13. The molecule has 90 valence electrons. The van der Waals surface area contributed by atoms with Crippen LogP contribution in [-0.4, -0.2) is 9.55 Å². The lowest BCUT2D eigenvalue weighted by Crippen LogP contribution is -2.20. The Morgan fingerprint density at radius 1 is 1.39 bits per heavy atom. The number of benzene rings is 1. The molecule has 0 fully saturated rings. The van der Waals surface area contributed by atoms with E-state index in [9.17, 15) is 4.79 Å². The highest BCUT2D eigenvalue weighted by atomic mass is 16.4. The van der Waals surface area contributed by atoms with Crippen molar-refractivity contribution in [2.45, 2.75) is 19.9 Å². The standard InChI is InChI=1S/C14H12N2O2/c1-8-2-3-11-10(6-8)9-4-5-16-12(13(9)15-11)7-18-14(16)17/h2-3,6-7,15H,4-5H2,1H3. The van der Waals surface area contributed by atoms with Crippen molar-refractivity contribution in [1.29, 1.82) is 0 Å². The van der Waals surface area contributed by atoms with Gasteiger partial charge in [0.25, 0.3) is 0 Å². The molecule has 0 saturated carbocycles. The Hall–Kier alpha value is -2.23. The van der Waals surface area contributed by atoms with E-state index in [0.717, 1.165) is 23.3 Å². The quantitative estimate of drug-likeness (QED) is 0.656. The molecule has 3 heterocycles. The molecule has 1 aliphatic heterocycles. The highest BCUT2D eigenvalue weighted by Crippen LogP contribution is 2.34. The molecule has 0 unspecified atom stereocenters. The van der Waals surface area contributed by atoms with E-state index in [2.05, 4.69) is 30.1 Å². The fourth-order valence-corrected chi connectivity index (χ4v) is 2.80. The second kappa shape index (κ2) is 3.16. The number of H-pyrrole nitrogens is 1. The maximum atomic E-state index is 11.5. The van der Waals surface area contributed by atoms with Crippen LogP contribution in [0, 0.1) is 6.92 Å². The summed E-state index contributed by atoms with van der Waals surface area (Å²) in [5.74, 6) is -0.273. The first-order valence-corrected chi connectivity index (χ1v) is 6.04. The highest BCUT2D eigenvalue weighted by molar-refractivity contribution is 5.91. The third kappa shape index (κ3) is 1.12. The van der Waals surface area contributed by atoms with Gasteiger partial charge in [0.15, 0.2) is 0 Å². The summed E-state index contributed by atoms with van der Waals surface area (Å²) in [6.45, 7) is 2.79. The number of fused-ring (bicyclic) bond motifs is 5. The largest absolute Gasteiger partial charge is 0.419 e. The van der Waals surface area contributed by atoms with Crippen LogP contribution in [0.1, 0.15) is 11.1 Å². The zero-order valence-corrected chi connectivity index (χ0v) is 9.99. The summed E-state index contributed by atoms with van der Waals surface area (Å²) >= 11 is 0. The van der Waals surface area contributed by atoms with Crippen LogP contribution in [0.4, 0.5) is 0 Å². The summed E-state index contributed by atoms with van der Waals surface area (Å²) < 4.78 is 6.67. The lowest BCUT2D eigenvalue weighted by molar-refractivity contribution is 0.477. The smallest absolute Gasteiger partial charge is 0.416 e. The predicted octanol–water partition coefficient (Wildman–Crippen LogP) is 2.45. The number of hydrogen-bond acceptors (Lipinski definition) is 2. The van der Waals surface area contributed by atoms with Gasteiger partial charge in [-0.3, -0.25) is 4.57 Å². The van der Waals surface area contributed by atoms with Crippen molar-refractivity contribution in [1.82, 2.24) is 9.55 Å². The van der Waals surface area contributed by atoms with Crippen LogP contribution >= 0.6 is 0 Å². The average Bonchev–Trinajstić information content (AvgIpc) is 2.90. The normalized spacial score (nSPS) is 13.6. The molecule has 0 radical (unpaired) electrons. The molecule has 1 aliphatic rings. The van der Waals surface area contributed by atoms with Crippen LogP contribution in [0.3, 0.4) is 0 Å². The summed E-state index contributed by atoms with van der Waals surface area (Å²) in [5, 5.41) is 1.25. The molecule has 4 nitrogen and oxygen atoms in total. The molecule has 1 aromatic carbocycles. The van der Waals surface area contributed by atoms with Gasteiger partial charge in [0, 0.05) is 17.4 Å². The van der Waals surface area contributed by atoms with Crippen molar-refractivity contribution in [2.75, 3.05) is 0 Å². The zero-order valence-electron chi connectivity index (χ0n) is 9.99. The van der Waals surface area contributed by atoms with Gasteiger partial charge >= 0.3 is 5.76 Å². The molecule has 3 aromatic rings. The number of nitrogens with zero attached hydrogens (tertiary/aromatic N) is 1. The highest BCUT2D eigenvalue weighted by Gasteiger charge is 2.23. The Morgan fingerprint density at radius 3 is 3.17 bits per heavy atom. The van der Waals surface area contributed by atoms with Crippen LogP contribution in [0.15, 0.2) is 33.7 Å². The topological polar surface area (TPSA) is 50.9 Å². The van der Waals surface area contributed by atoms with E-state index < -0.39 is 0 Å². The molecular formula is C14H12N2O2. The molecule has 0 atom stereocenters. The second-order valence-corrected chi connectivity index (χ2v) is 4.82. The molecule has 4 rings (SSSR count). The minimum atomic E-state index is -0.273. The molecule has 0 aliphatic carbocycles. The fraction of sp³-hybridized carbons (Fsp3) is 0.214. The minimum absolute atomic E-state index is 0.273. The number of oxazole rings is 1. The average molecular weight is 240 g/mol. The Balaban J connectivity index is 2.11. The van der Waals surface area contributed by atoms with Gasteiger partial charge in [-0.05, 0) is 31.0 Å². The van der Waals surface area contributed by atoms with E-state index in [1.165, 1.54) is 16.5 Å². The Morgan fingerprint density at radius 2 is 2.28 bits per heavy atom. The van der Waals surface area contributed by atoms with Crippen LogP contribution in [0.2, 0.25) is 0 Å². The molecule has 4 heteroatoms. The van der Waals surface area contributed by atoms with Gasteiger partial charge < -0.3 is 9.40 Å². The number of nitrogens with one attached hydrogen (secondary N) is 1. The van der Waals surface area contributed by atoms with Crippen molar-refractivity contribution in [3.05, 3.63) is 46.1 Å². The van der Waals surface area contributed by atoms with Crippen molar-refractivity contribution < 1.29 is 4.42 Å². The summed E-state index contributed by atoms with van der Waals surface area (Å²) in [7, 11) is 0. The first-order chi connectivity index (χ1) is 8.74. The Kier molecular flexibility index (Phi) is 1.71. The van der Waals surface area contributed by atoms with Gasteiger partial charge in [0.2, 0.25) is 0 Å². The van der Waals surface area contributed by atoms with Crippen LogP contribution < -0.4 is 5.76 Å². The van der Waals surface area contributed by atoms with E-state index in [1.54, 1.807) is 10.8 Å². The first kappa shape index (κ1) is 9.76. The SMILES string of the molecule is Cc1ccc2[nH]c3c(c2c1)CCn1c-3coc1=O. The molecule has 0 spiro atoms. The van der Waals surface area contributed by atoms with Gasteiger partial charge in [0.05, 0.1) is 5.69 Å². The van der Waals surface area contributed by atoms with Crippen LogP contribution in [0.5, 0.6) is 0 Å². The van der Waals surface area contributed by atoms with Gasteiger partial charge in [-0.15, -0.1) is 0 Å². The first-order valence-electron chi connectivity index (χ1n) is 6.04. The van der Waals surface area contributed by atoms with Crippen molar-refractivity contribution in [3.63, 3.8) is 0 Å².